The van der Waals surface area contributed by atoms with Crippen molar-refractivity contribution in [2.75, 3.05) is 6.61 Å². The van der Waals surface area contributed by atoms with Crippen molar-refractivity contribution in [2.45, 2.75) is 31.9 Å². The lowest BCUT2D eigenvalue weighted by Crippen LogP contribution is -2.23. The van der Waals surface area contributed by atoms with Crippen LogP contribution in [-0.2, 0) is 11.3 Å². The summed E-state index contributed by atoms with van der Waals surface area (Å²) in [5.41, 5.74) is 0.381. The molecule has 1 saturated heterocycles. The van der Waals surface area contributed by atoms with Crippen molar-refractivity contribution in [1.29, 1.82) is 0 Å². The molecule has 1 aromatic carbocycles. The summed E-state index contributed by atoms with van der Waals surface area (Å²) in [6.45, 7) is 1.41. The Morgan fingerprint density at radius 2 is 2.25 bits per heavy atom. The second-order valence-corrected chi connectivity index (χ2v) is 5.79. The lowest BCUT2D eigenvalue weighted by atomic mass is 10.2. The molecule has 2 heterocycles. The van der Waals surface area contributed by atoms with E-state index in [2.05, 4.69) is 4.98 Å². The van der Waals surface area contributed by atoms with Crippen molar-refractivity contribution in [3.05, 3.63) is 38.9 Å². The molecular weight excluding hydrogens is 299 g/mol. The number of hydrogen-bond acceptors (Lipinski definition) is 3. The Bertz CT molecular complexity index is 693. The highest BCUT2D eigenvalue weighted by atomic mass is 35.5. The van der Waals surface area contributed by atoms with Gasteiger partial charge in [-0.1, -0.05) is 23.2 Å². The van der Waals surface area contributed by atoms with Crippen LogP contribution in [0.3, 0.4) is 0 Å². The smallest absolute Gasteiger partial charge is 0.261 e. The van der Waals surface area contributed by atoms with Crippen molar-refractivity contribution >= 4 is 34.1 Å². The average Bonchev–Trinajstić information content (AvgIpc) is 2.92. The van der Waals surface area contributed by atoms with Crippen LogP contribution in [0.1, 0.15) is 19.3 Å². The fraction of sp³-hybridized carbons (Fsp3) is 0.429. The number of nitrogens with zero attached hydrogens (tertiary/aromatic N) is 2. The van der Waals surface area contributed by atoms with Gasteiger partial charge in [-0.25, -0.2) is 4.98 Å². The van der Waals surface area contributed by atoms with Crippen LogP contribution in [0.2, 0.25) is 10.0 Å². The summed E-state index contributed by atoms with van der Waals surface area (Å²) in [5, 5.41) is 1.30. The first-order valence-electron chi connectivity index (χ1n) is 6.61. The summed E-state index contributed by atoms with van der Waals surface area (Å²) in [7, 11) is 0. The quantitative estimate of drug-likeness (QED) is 0.873. The molecule has 2 aromatic rings. The van der Waals surface area contributed by atoms with E-state index in [4.69, 9.17) is 27.9 Å². The van der Waals surface area contributed by atoms with Crippen LogP contribution in [0.5, 0.6) is 0 Å². The van der Waals surface area contributed by atoms with Gasteiger partial charge in [-0.05, 0) is 31.4 Å². The van der Waals surface area contributed by atoms with Crippen LogP contribution in [0.15, 0.2) is 23.3 Å². The van der Waals surface area contributed by atoms with E-state index in [1.54, 1.807) is 23.0 Å². The first kappa shape index (κ1) is 13.9. The molecule has 1 unspecified atom stereocenters. The molecule has 6 heteroatoms. The van der Waals surface area contributed by atoms with E-state index in [0.29, 0.717) is 27.5 Å². The minimum Gasteiger partial charge on any atom is -0.378 e. The fourth-order valence-corrected chi connectivity index (χ4v) is 3.05. The molecule has 106 valence electrons. The molecule has 0 N–H and O–H groups in total. The van der Waals surface area contributed by atoms with Gasteiger partial charge in [0, 0.05) is 18.2 Å². The topological polar surface area (TPSA) is 44.1 Å². The van der Waals surface area contributed by atoms with E-state index >= 15 is 0 Å². The minimum absolute atomic E-state index is 0.114. The molecule has 0 spiro atoms. The first-order chi connectivity index (χ1) is 9.65. The highest BCUT2D eigenvalue weighted by Crippen LogP contribution is 2.24. The van der Waals surface area contributed by atoms with Gasteiger partial charge < -0.3 is 4.74 Å². The maximum absolute atomic E-state index is 12.4. The van der Waals surface area contributed by atoms with Gasteiger partial charge in [0.15, 0.2) is 0 Å². The molecule has 0 amide bonds. The van der Waals surface area contributed by atoms with E-state index in [0.717, 1.165) is 25.9 Å². The summed E-state index contributed by atoms with van der Waals surface area (Å²) < 4.78 is 7.16. The molecule has 0 aliphatic carbocycles. The largest absolute Gasteiger partial charge is 0.378 e. The SMILES string of the molecule is O=c1c2cc(Cl)cc(Cl)c2ncn1CCC1CCCO1. The minimum atomic E-state index is -0.114. The Labute approximate surface area is 126 Å². The fourth-order valence-electron chi connectivity index (χ4n) is 2.51. The highest BCUT2D eigenvalue weighted by molar-refractivity contribution is 6.38. The zero-order chi connectivity index (χ0) is 14.1. The highest BCUT2D eigenvalue weighted by Gasteiger charge is 2.16. The van der Waals surface area contributed by atoms with Crippen LogP contribution in [0.25, 0.3) is 10.9 Å². The molecule has 1 aliphatic rings. The predicted molar refractivity (Wildman–Crippen MR) is 79.6 cm³/mol. The second-order valence-electron chi connectivity index (χ2n) is 4.95. The summed E-state index contributed by atoms with van der Waals surface area (Å²) in [6.07, 6.45) is 4.77. The summed E-state index contributed by atoms with van der Waals surface area (Å²) in [4.78, 5) is 16.7. The van der Waals surface area contributed by atoms with Crippen LogP contribution in [0, 0.1) is 0 Å². The van der Waals surface area contributed by atoms with E-state index in [9.17, 15) is 4.79 Å². The molecule has 0 radical (unpaired) electrons. The van der Waals surface area contributed by atoms with Gasteiger partial charge in [0.2, 0.25) is 0 Å². The molecule has 1 atom stereocenters. The van der Waals surface area contributed by atoms with Gasteiger partial charge in [-0.2, -0.15) is 0 Å². The van der Waals surface area contributed by atoms with Crippen molar-refractivity contribution < 1.29 is 4.74 Å². The van der Waals surface area contributed by atoms with Crippen molar-refractivity contribution in [3.8, 4) is 0 Å². The molecule has 20 heavy (non-hydrogen) atoms. The Morgan fingerprint density at radius 1 is 1.40 bits per heavy atom. The predicted octanol–water partition coefficient (Wildman–Crippen LogP) is 3.27. The standard InChI is InChI=1S/C14H14Cl2N2O2/c15-9-6-11-13(12(16)7-9)17-8-18(14(11)19)4-3-10-2-1-5-20-10/h6-8,10H,1-5H2. The van der Waals surface area contributed by atoms with Crippen molar-refractivity contribution in [3.63, 3.8) is 0 Å². The monoisotopic (exact) mass is 312 g/mol. The Balaban J connectivity index is 1.92. The number of fused-ring (bicyclic) bond motifs is 1. The summed E-state index contributed by atoms with van der Waals surface area (Å²) >= 11 is 12.0. The van der Waals surface area contributed by atoms with E-state index in [-0.39, 0.29) is 11.7 Å². The van der Waals surface area contributed by atoms with Crippen LogP contribution in [0.4, 0.5) is 0 Å². The first-order valence-corrected chi connectivity index (χ1v) is 7.36. The van der Waals surface area contributed by atoms with Gasteiger partial charge in [0.05, 0.1) is 28.4 Å². The number of aromatic nitrogens is 2. The summed E-state index contributed by atoms with van der Waals surface area (Å²) in [6, 6.07) is 3.20. The third kappa shape index (κ3) is 2.68. The molecule has 0 bridgehead atoms. The van der Waals surface area contributed by atoms with E-state index in [1.165, 1.54) is 0 Å². The lowest BCUT2D eigenvalue weighted by molar-refractivity contribution is 0.100. The van der Waals surface area contributed by atoms with E-state index in [1.807, 2.05) is 0 Å². The number of aryl methyl sites for hydroxylation is 1. The van der Waals surface area contributed by atoms with Crippen LogP contribution in [-0.4, -0.2) is 22.3 Å². The molecule has 1 aliphatic heterocycles. The molecule has 1 aromatic heterocycles. The average molecular weight is 313 g/mol. The Kier molecular flexibility index (Phi) is 3.96. The normalized spacial score (nSPS) is 18.8. The number of hydrogen-bond donors (Lipinski definition) is 0. The lowest BCUT2D eigenvalue weighted by Gasteiger charge is -2.11. The molecule has 4 nitrogen and oxygen atoms in total. The Hall–Kier alpha value is -1.10. The number of ether oxygens (including phenoxy) is 1. The molecule has 1 fully saturated rings. The van der Waals surface area contributed by atoms with Gasteiger partial charge in [0.1, 0.15) is 0 Å². The number of rotatable bonds is 3. The van der Waals surface area contributed by atoms with Gasteiger partial charge in [0.25, 0.3) is 5.56 Å². The van der Waals surface area contributed by atoms with Gasteiger partial charge >= 0.3 is 0 Å². The molecule has 0 saturated carbocycles. The third-order valence-corrected chi connectivity index (χ3v) is 4.07. The Morgan fingerprint density at radius 3 is 3.00 bits per heavy atom. The maximum atomic E-state index is 12.4. The van der Waals surface area contributed by atoms with Gasteiger partial charge in [-0.15, -0.1) is 0 Å². The molecular formula is C14H14Cl2N2O2. The summed E-state index contributed by atoms with van der Waals surface area (Å²) in [5.74, 6) is 0. The van der Waals surface area contributed by atoms with Gasteiger partial charge in [-0.3, -0.25) is 9.36 Å². The van der Waals surface area contributed by atoms with Crippen molar-refractivity contribution in [1.82, 2.24) is 9.55 Å². The maximum Gasteiger partial charge on any atom is 0.261 e. The van der Waals surface area contributed by atoms with Crippen LogP contribution < -0.4 is 5.56 Å². The number of benzene rings is 1. The zero-order valence-electron chi connectivity index (χ0n) is 10.8. The molecule has 3 rings (SSSR count). The zero-order valence-corrected chi connectivity index (χ0v) is 12.3. The second kappa shape index (κ2) is 5.72. The number of halogens is 2. The third-order valence-electron chi connectivity index (χ3n) is 3.56. The van der Waals surface area contributed by atoms with Crippen LogP contribution >= 0.6 is 23.2 Å². The van der Waals surface area contributed by atoms with E-state index < -0.39 is 0 Å². The van der Waals surface area contributed by atoms with Crippen molar-refractivity contribution in [2.24, 2.45) is 0 Å².